The van der Waals surface area contributed by atoms with Crippen LogP contribution in [-0.4, -0.2) is 25.2 Å². The molecule has 4 nitrogen and oxygen atoms in total. The maximum Gasteiger partial charge on any atom is 0.333 e. The summed E-state index contributed by atoms with van der Waals surface area (Å²) in [7, 11) is 0. The number of unbranched alkanes of at least 4 members (excludes halogenated alkanes) is 2. The molecule has 0 rings (SSSR count). The predicted octanol–water partition coefficient (Wildman–Crippen LogP) is 3.18. The van der Waals surface area contributed by atoms with Gasteiger partial charge in [0.2, 0.25) is 0 Å². The first kappa shape index (κ1) is 17.4. The minimum atomic E-state index is -0.392. The number of hydrogen-bond donors (Lipinski definition) is 0. The summed E-state index contributed by atoms with van der Waals surface area (Å²) in [6, 6.07) is 0. The van der Waals surface area contributed by atoms with E-state index >= 15 is 0 Å². The quantitative estimate of drug-likeness (QED) is 0.279. The zero-order chi connectivity index (χ0) is 14.5. The SMILES string of the molecule is CCCCOC(=O)/C=C/C=C(\C)C(=O)OCCCC. The van der Waals surface area contributed by atoms with Gasteiger partial charge in [-0.2, -0.15) is 0 Å². The number of ether oxygens (including phenoxy) is 2. The lowest BCUT2D eigenvalue weighted by molar-refractivity contribution is -0.139. The molecule has 4 heteroatoms. The predicted molar refractivity (Wildman–Crippen MR) is 74.6 cm³/mol. The molecule has 0 bridgehead atoms. The molecule has 0 aliphatic rings. The number of esters is 2. The third-order valence-corrected chi connectivity index (χ3v) is 2.37. The van der Waals surface area contributed by atoms with Crippen LogP contribution in [0.2, 0.25) is 0 Å². The van der Waals surface area contributed by atoms with Crippen molar-refractivity contribution >= 4 is 11.9 Å². The van der Waals surface area contributed by atoms with Crippen LogP contribution in [0.25, 0.3) is 0 Å². The number of carbonyl (C=O) groups excluding carboxylic acids is 2. The lowest BCUT2D eigenvalue weighted by atomic mass is 10.2. The van der Waals surface area contributed by atoms with Crippen molar-refractivity contribution in [3.8, 4) is 0 Å². The Morgan fingerprint density at radius 2 is 1.58 bits per heavy atom. The van der Waals surface area contributed by atoms with Crippen molar-refractivity contribution < 1.29 is 19.1 Å². The van der Waals surface area contributed by atoms with E-state index in [2.05, 4.69) is 0 Å². The molecule has 0 amide bonds. The molecule has 19 heavy (non-hydrogen) atoms. The summed E-state index contributed by atoms with van der Waals surface area (Å²) >= 11 is 0. The second kappa shape index (κ2) is 11.5. The molecule has 0 spiro atoms. The van der Waals surface area contributed by atoms with E-state index in [0.717, 1.165) is 25.7 Å². The molecular weight excluding hydrogens is 244 g/mol. The highest BCUT2D eigenvalue weighted by molar-refractivity contribution is 5.88. The van der Waals surface area contributed by atoms with E-state index in [1.54, 1.807) is 13.0 Å². The zero-order valence-corrected chi connectivity index (χ0v) is 12.1. The van der Waals surface area contributed by atoms with Crippen molar-refractivity contribution in [2.24, 2.45) is 0 Å². The average Bonchev–Trinajstić information content (AvgIpc) is 2.39. The maximum atomic E-state index is 11.5. The van der Waals surface area contributed by atoms with E-state index in [9.17, 15) is 9.59 Å². The van der Waals surface area contributed by atoms with Crippen molar-refractivity contribution in [3.05, 3.63) is 23.8 Å². The molecule has 0 radical (unpaired) electrons. The molecule has 0 aromatic carbocycles. The van der Waals surface area contributed by atoms with Crippen molar-refractivity contribution in [1.82, 2.24) is 0 Å². The number of carbonyl (C=O) groups is 2. The van der Waals surface area contributed by atoms with Crippen LogP contribution in [0.4, 0.5) is 0 Å². The Kier molecular flexibility index (Phi) is 10.6. The van der Waals surface area contributed by atoms with Gasteiger partial charge in [-0.25, -0.2) is 9.59 Å². The molecule has 0 saturated heterocycles. The minimum absolute atomic E-state index is 0.350. The molecule has 0 fully saturated rings. The van der Waals surface area contributed by atoms with Gasteiger partial charge in [0.1, 0.15) is 0 Å². The highest BCUT2D eigenvalue weighted by atomic mass is 16.5. The maximum absolute atomic E-state index is 11.5. The Bertz CT molecular complexity index is 329. The lowest BCUT2D eigenvalue weighted by Crippen LogP contribution is -2.06. The summed E-state index contributed by atoms with van der Waals surface area (Å²) in [6.07, 6.45) is 8.05. The van der Waals surface area contributed by atoms with E-state index in [0.29, 0.717) is 18.8 Å². The van der Waals surface area contributed by atoms with Gasteiger partial charge in [-0.05, 0) is 19.8 Å². The van der Waals surface area contributed by atoms with Gasteiger partial charge in [0.25, 0.3) is 0 Å². The molecular formula is C15H24O4. The monoisotopic (exact) mass is 268 g/mol. The van der Waals surface area contributed by atoms with Crippen LogP contribution in [-0.2, 0) is 19.1 Å². The first-order chi connectivity index (χ1) is 9.11. The van der Waals surface area contributed by atoms with E-state index in [1.165, 1.54) is 12.2 Å². The second-order valence-corrected chi connectivity index (χ2v) is 4.22. The van der Waals surface area contributed by atoms with Gasteiger partial charge < -0.3 is 9.47 Å². The molecule has 0 N–H and O–H groups in total. The lowest BCUT2D eigenvalue weighted by Gasteiger charge is -2.02. The summed E-state index contributed by atoms with van der Waals surface area (Å²) < 4.78 is 9.96. The topological polar surface area (TPSA) is 52.6 Å². The van der Waals surface area contributed by atoms with E-state index in [4.69, 9.17) is 9.47 Å². The van der Waals surface area contributed by atoms with Crippen molar-refractivity contribution in [2.45, 2.75) is 46.5 Å². The van der Waals surface area contributed by atoms with Gasteiger partial charge in [-0.15, -0.1) is 0 Å². The smallest absolute Gasteiger partial charge is 0.333 e. The number of hydrogen-bond acceptors (Lipinski definition) is 4. The average molecular weight is 268 g/mol. The highest BCUT2D eigenvalue weighted by Crippen LogP contribution is 1.99. The fraction of sp³-hybridized carbons (Fsp3) is 0.600. The van der Waals surface area contributed by atoms with Crippen molar-refractivity contribution in [3.63, 3.8) is 0 Å². The van der Waals surface area contributed by atoms with Crippen LogP contribution in [0.1, 0.15) is 46.5 Å². The van der Waals surface area contributed by atoms with Crippen LogP contribution in [0.5, 0.6) is 0 Å². The molecule has 0 unspecified atom stereocenters. The van der Waals surface area contributed by atoms with Gasteiger partial charge in [-0.3, -0.25) is 0 Å². The highest BCUT2D eigenvalue weighted by Gasteiger charge is 2.03. The summed E-state index contributed by atoms with van der Waals surface area (Å²) in [5.74, 6) is -0.741. The van der Waals surface area contributed by atoms with Crippen molar-refractivity contribution in [2.75, 3.05) is 13.2 Å². The van der Waals surface area contributed by atoms with Gasteiger partial charge >= 0.3 is 11.9 Å². The van der Waals surface area contributed by atoms with Gasteiger partial charge in [0, 0.05) is 11.6 Å². The van der Waals surface area contributed by atoms with Gasteiger partial charge in [0.15, 0.2) is 0 Å². The number of allylic oxidation sites excluding steroid dienone is 2. The van der Waals surface area contributed by atoms with Gasteiger partial charge in [-0.1, -0.05) is 38.8 Å². The van der Waals surface area contributed by atoms with Crippen LogP contribution < -0.4 is 0 Å². The summed E-state index contributed by atoms with van der Waals surface area (Å²) in [6.45, 7) is 6.58. The van der Waals surface area contributed by atoms with Crippen LogP contribution in [0.3, 0.4) is 0 Å². The Balaban J connectivity index is 4.01. The standard InChI is InChI=1S/C15H24O4/c1-4-6-11-18-14(16)10-8-9-13(3)15(17)19-12-7-5-2/h8-10H,4-7,11-12H2,1-3H3/b10-8+,13-9+. The second-order valence-electron chi connectivity index (χ2n) is 4.22. The molecule has 0 aromatic heterocycles. The zero-order valence-electron chi connectivity index (χ0n) is 12.1. The van der Waals surface area contributed by atoms with E-state index in [1.807, 2.05) is 13.8 Å². The van der Waals surface area contributed by atoms with Gasteiger partial charge in [0.05, 0.1) is 13.2 Å². The molecule has 108 valence electrons. The van der Waals surface area contributed by atoms with Crippen molar-refractivity contribution in [1.29, 1.82) is 0 Å². The van der Waals surface area contributed by atoms with Crippen LogP contribution in [0, 0.1) is 0 Å². The first-order valence-electron chi connectivity index (χ1n) is 6.80. The molecule has 0 aliphatic heterocycles. The minimum Gasteiger partial charge on any atom is -0.463 e. The molecule has 0 atom stereocenters. The van der Waals surface area contributed by atoms with E-state index in [-0.39, 0.29) is 5.97 Å². The molecule has 0 heterocycles. The third-order valence-electron chi connectivity index (χ3n) is 2.37. The fourth-order valence-corrected chi connectivity index (χ4v) is 1.13. The number of rotatable bonds is 9. The summed E-state index contributed by atoms with van der Waals surface area (Å²) in [4.78, 5) is 22.7. The fourth-order valence-electron chi connectivity index (χ4n) is 1.13. The first-order valence-corrected chi connectivity index (χ1v) is 6.80. The Morgan fingerprint density at radius 1 is 1.00 bits per heavy atom. The molecule has 0 aliphatic carbocycles. The Morgan fingerprint density at radius 3 is 2.16 bits per heavy atom. The Labute approximate surface area is 115 Å². The van der Waals surface area contributed by atoms with Crippen LogP contribution >= 0.6 is 0 Å². The van der Waals surface area contributed by atoms with Crippen LogP contribution in [0.15, 0.2) is 23.8 Å². The Hall–Kier alpha value is -1.58. The summed E-state index contributed by atoms with van der Waals surface area (Å²) in [5.41, 5.74) is 0.466. The largest absolute Gasteiger partial charge is 0.463 e. The normalized spacial score (nSPS) is 11.6. The molecule has 0 aromatic rings. The van der Waals surface area contributed by atoms with E-state index < -0.39 is 5.97 Å². The third kappa shape index (κ3) is 10.1. The molecule has 0 saturated carbocycles. The summed E-state index contributed by atoms with van der Waals surface area (Å²) in [5, 5.41) is 0.